The summed E-state index contributed by atoms with van der Waals surface area (Å²) in [4.78, 5) is 0. The van der Waals surface area contributed by atoms with E-state index in [2.05, 4.69) is 5.32 Å². The average Bonchev–Trinajstić information content (AvgIpc) is 2.41. The van der Waals surface area contributed by atoms with Crippen molar-refractivity contribution in [3.05, 3.63) is 69.2 Å². The molecule has 0 aliphatic rings. The van der Waals surface area contributed by atoms with Crippen LogP contribution in [-0.2, 0) is 0 Å². The highest BCUT2D eigenvalue weighted by molar-refractivity contribution is 6.42. The molecule has 0 spiro atoms. The highest BCUT2D eigenvalue weighted by Gasteiger charge is 2.23. The molecule has 106 valence electrons. The summed E-state index contributed by atoms with van der Waals surface area (Å²) in [7, 11) is 0. The van der Waals surface area contributed by atoms with E-state index >= 15 is 0 Å². The van der Waals surface area contributed by atoms with Gasteiger partial charge >= 0.3 is 0 Å². The minimum absolute atomic E-state index is 0.0569. The lowest BCUT2D eigenvalue weighted by Crippen LogP contribution is -2.24. The van der Waals surface area contributed by atoms with E-state index in [0.717, 1.165) is 0 Å². The van der Waals surface area contributed by atoms with Crippen molar-refractivity contribution in [3.63, 3.8) is 0 Å². The van der Waals surface area contributed by atoms with Crippen LogP contribution in [0.2, 0.25) is 10.0 Å². The maximum atomic E-state index is 14.0. The van der Waals surface area contributed by atoms with Gasteiger partial charge in [-0.05, 0) is 30.3 Å². The van der Waals surface area contributed by atoms with Crippen LogP contribution in [0.1, 0.15) is 24.1 Å². The molecule has 20 heavy (non-hydrogen) atoms. The second-order valence-electron chi connectivity index (χ2n) is 4.27. The Morgan fingerprint density at radius 3 is 2.25 bits per heavy atom. The van der Waals surface area contributed by atoms with Crippen LogP contribution >= 0.6 is 23.2 Å². The molecule has 0 bridgehead atoms. The van der Waals surface area contributed by atoms with Crippen molar-refractivity contribution in [2.24, 2.45) is 0 Å². The number of hydrogen-bond donors (Lipinski definition) is 1. The first kappa shape index (κ1) is 15.2. The molecule has 0 aromatic heterocycles. The van der Waals surface area contributed by atoms with Gasteiger partial charge in [-0.1, -0.05) is 48.3 Å². The number of benzene rings is 2. The second-order valence-corrected chi connectivity index (χ2v) is 5.05. The summed E-state index contributed by atoms with van der Waals surface area (Å²) in [6.07, 6.45) is 0. The highest BCUT2D eigenvalue weighted by atomic mass is 35.5. The molecule has 0 fully saturated rings. The third-order valence-corrected chi connectivity index (χ3v) is 3.82. The Kier molecular flexibility index (Phi) is 4.97. The van der Waals surface area contributed by atoms with Crippen LogP contribution in [0.5, 0.6) is 0 Å². The Labute approximate surface area is 126 Å². The van der Waals surface area contributed by atoms with Crippen molar-refractivity contribution in [2.75, 3.05) is 6.54 Å². The lowest BCUT2D eigenvalue weighted by atomic mass is 9.97. The van der Waals surface area contributed by atoms with Gasteiger partial charge in [0.15, 0.2) is 0 Å². The van der Waals surface area contributed by atoms with Crippen LogP contribution in [0.3, 0.4) is 0 Å². The number of nitrogens with one attached hydrogen (secondary N) is 1. The molecule has 0 saturated carbocycles. The van der Waals surface area contributed by atoms with Gasteiger partial charge < -0.3 is 5.32 Å². The predicted molar refractivity (Wildman–Crippen MR) is 78.3 cm³/mol. The zero-order valence-corrected chi connectivity index (χ0v) is 12.3. The summed E-state index contributed by atoms with van der Waals surface area (Å²) < 4.78 is 28.0. The average molecular weight is 316 g/mol. The normalized spacial score (nSPS) is 12.4. The lowest BCUT2D eigenvalue weighted by molar-refractivity contribution is 0.510. The number of halogens is 4. The molecular weight excluding hydrogens is 303 g/mol. The highest BCUT2D eigenvalue weighted by Crippen LogP contribution is 2.35. The molecule has 5 heteroatoms. The molecule has 0 aliphatic heterocycles. The zero-order chi connectivity index (χ0) is 14.7. The van der Waals surface area contributed by atoms with E-state index in [1.807, 2.05) is 6.92 Å². The summed E-state index contributed by atoms with van der Waals surface area (Å²) in [5, 5.41) is 3.69. The van der Waals surface area contributed by atoms with Crippen molar-refractivity contribution in [1.29, 1.82) is 0 Å². The monoisotopic (exact) mass is 315 g/mol. The van der Waals surface area contributed by atoms with Gasteiger partial charge in [0.25, 0.3) is 0 Å². The fraction of sp³-hybridized carbons (Fsp3) is 0.200. The van der Waals surface area contributed by atoms with E-state index in [-0.39, 0.29) is 5.56 Å². The van der Waals surface area contributed by atoms with E-state index in [0.29, 0.717) is 22.2 Å². The molecular formula is C15H13Cl2F2N. The largest absolute Gasteiger partial charge is 0.306 e. The van der Waals surface area contributed by atoms with Crippen LogP contribution in [0.4, 0.5) is 8.78 Å². The quantitative estimate of drug-likeness (QED) is 0.840. The van der Waals surface area contributed by atoms with E-state index < -0.39 is 17.7 Å². The summed E-state index contributed by atoms with van der Waals surface area (Å²) in [6, 6.07) is 8.13. The molecule has 2 rings (SSSR count). The van der Waals surface area contributed by atoms with Gasteiger partial charge in [-0.25, -0.2) is 8.78 Å². The van der Waals surface area contributed by atoms with Crippen LogP contribution in [-0.4, -0.2) is 6.54 Å². The molecule has 0 saturated heterocycles. The van der Waals surface area contributed by atoms with Crippen molar-refractivity contribution in [2.45, 2.75) is 13.0 Å². The lowest BCUT2D eigenvalue weighted by Gasteiger charge is -2.21. The Bertz CT molecular complexity index is 597. The van der Waals surface area contributed by atoms with Gasteiger partial charge in [0.05, 0.1) is 16.1 Å². The Morgan fingerprint density at radius 1 is 1.05 bits per heavy atom. The van der Waals surface area contributed by atoms with Crippen LogP contribution < -0.4 is 5.32 Å². The van der Waals surface area contributed by atoms with E-state index in [1.54, 1.807) is 18.2 Å². The van der Waals surface area contributed by atoms with Gasteiger partial charge in [0, 0.05) is 5.56 Å². The Morgan fingerprint density at radius 2 is 1.65 bits per heavy atom. The first-order chi connectivity index (χ1) is 9.56. The summed E-state index contributed by atoms with van der Waals surface area (Å²) in [5.41, 5.74) is 0.489. The first-order valence-corrected chi connectivity index (χ1v) is 6.93. The van der Waals surface area contributed by atoms with Gasteiger partial charge in [0.1, 0.15) is 11.6 Å². The zero-order valence-electron chi connectivity index (χ0n) is 10.8. The minimum Gasteiger partial charge on any atom is -0.306 e. The molecule has 1 unspecified atom stereocenters. The minimum atomic E-state index is -0.688. The van der Waals surface area contributed by atoms with E-state index in [1.165, 1.54) is 18.2 Å². The molecule has 1 nitrogen and oxygen atoms in total. The third kappa shape index (κ3) is 2.95. The van der Waals surface area contributed by atoms with E-state index in [9.17, 15) is 8.78 Å². The Hall–Kier alpha value is -1.16. The maximum Gasteiger partial charge on any atom is 0.131 e. The SMILES string of the molecule is CCNC(c1cccc(Cl)c1Cl)c1c(F)cccc1F. The first-order valence-electron chi connectivity index (χ1n) is 6.17. The third-order valence-electron chi connectivity index (χ3n) is 2.99. The maximum absolute atomic E-state index is 14.0. The second kappa shape index (κ2) is 6.53. The fourth-order valence-electron chi connectivity index (χ4n) is 2.10. The molecule has 0 heterocycles. The molecule has 1 N–H and O–H groups in total. The summed E-state index contributed by atoms with van der Waals surface area (Å²) in [5.74, 6) is -1.24. The Balaban J connectivity index is 2.60. The topological polar surface area (TPSA) is 12.0 Å². The molecule has 1 atom stereocenters. The van der Waals surface area contributed by atoms with Crippen molar-refractivity contribution >= 4 is 23.2 Å². The fourth-order valence-corrected chi connectivity index (χ4v) is 2.52. The smallest absolute Gasteiger partial charge is 0.131 e. The summed E-state index contributed by atoms with van der Waals surface area (Å²) >= 11 is 12.1. The van der Waals surface area contributed by atoms with Crippen LogP contribution in [0, 0.1) is 11.6 Å². The standard InChI is InChI=1S/C15H13Cl2F2N/c1-2-20-15(9-5-3-6-10(16)14(9)17)13-11(18)7-4-8-12(13)19/h3-8,15,20H,2H2,1H3. The van der Waals surface area contributed by atoms with Crippen molar-refractivity contribution in [1.82, 2.24) is 5.32 Å². The molecule has 0 aliphatic carbocycles. The van der Waals surface area contributed by atoms with Crippen LogP contribution in [0.15, 0.2) is 36.4 Å². The van der Waals surface area contributed by atoms with Crippen LogP contribution in [0.25, 0.3) is 0 Å². The predicted octanol–water partition coefficient (Wildman–Crippen LogP) is 4.97. The van der Waals surface area contributed by atoms with Gasteiger partial charge in [-0.15, -0.1) is 0 Å². The van der Waals surface area contributed by atoms with Crippen molar-refractivity contribution in [3.8, 4) is 0 Å². The molecule has 2 aromatic carbocycles. The number of rotatable bonds is 4. The molecule has 2 aromatic rings. The molecule has 0 radical (unpaired) electrons. The van der Waals surface area contributed by atoms with Crippen molar-refractivity contribution < 1.29 is 8.78 Å². The summed E-state index contributed by atoms with van der Waals surface area (Å²) in [6.45, 7) is 2.38. The van der Waals surface area contributed by atoms with Gasteiger partial charge in [0.2, 0.25) is 0 Å². The van der Waals surface area contributed by atoms with Gasteiger partial charge in [-0.2, -0.15) is 0 Å². The van der Waals surface area contributed by atoms with E-state index in [4.69, 9.17) is 23.2 Å². The van der Waals surface area contributed by atoms with Gasteiger partial charge in [-0.3, -0.25) is 0 Å². The number of hydrogen-bond acceptors (Lipinski definition) is 1. The molecule has 0 amide bonds.